The minimum atomic E-state index is -0.455. The number of nitrogens with two attached hydrogens (primary N) is 1. The lowest BCUT2D eigenvalue weighted by atomic mass is 9.80. The number of ether oxygens (including phenoxy) is 1. The van der Waals surface area contributed by atoms with Crippen LogP contribution >= 0.6 is 0 Å². The second-order valence-electron chi connectivity index (χ2n) is 5.06. The largest absolute Gasteiger partial charge is 0.469 e. The van der Waals surface area contributed by atoms with Crippen molar-refractivity contribution in [2.24, 2.45) is 5.73 Å². The summed E-state index contributed by atoms with van der Waals surface area (Å²) in [5.41, 5.74) is 7.96. The lowest BCUT2D eigenvalue weighted by Gasteiger charge is -2.30. The van der Waals surface area contributed by atoms with Crippen LogP contribution in [-0.4, -0.2) is 18.6 Å². The van der Waals surface area contributed by atoms with Crippen LogP contribution in [0.1, 0.15) is 37.3 Å². The van der Waals surface area contributed by atoms with Crippen LogP contribution < -0.4 is 5.73 Å². The van der Waals surface area contributed by atoms with Crippen LogP contribution in [-0.2, 0) is 9.53 Å². The molecule has 0 saturated heterocycles. The monoisotopic (exact) mass is 235 g/mol. The fraction of sp³-hybridized carbons (Fsp3) is 0.500. The maximum atomic E-state index is 11.4. The van der Waals surface area contributed by atoms with Crippen LogP contribution in [0.4, 0.5) is 0 Å². The SMILES string of the molecule is COC(=O)CC(c1ccc(C)cc1)C(C)(C)N. The van der Waals surface area contributed by atoms with Crippen molar-refractivity contribution in [2.45, 2.75) is 38.6 Å². The highest BCUT2D eigenvalue weighted by Crippen LogP contribution is 2.30. The molecule has 0 aliphatic rings. The summed E-state index contributed by atoms with van der Waals surface area (Å²) in [5, 5.41) is 0. The van der Waals surface area contributed by atoms with E-state index in [0.717, 1.165) is 5.56 Å². The van der Waals surface area contributed by atoms with Gasteiger partial charge < -0.3 is 10.5 Å². The Kier molecular flexibility index (Phi) is 4.29. The third-order valence-corrected chi connectivity index (χ3v) is 2.98. The quantitative estimate of drug-likeness (QED) is 0.815. The molecule has 0 aliphatic carbocycles. The Labute approximate surface area is 103 Å². The average molecular weight is 235 g/mol. The van der Waals surface area contributed by atoms with Crippen molar-refractivity contribution in [1.29, 1.82) is 0 Å². The Balaban J connectivity index is 2.98. The smallest absolute Gasteiger partial charge is 0.306 e. The van der Waals surface area contributed by atoms with Crippen LogP contribution in [0.15, 0.2) is 24.3 Å². The van der Waals surface area contributed by atoms with Crippen LogP contribution in [0.3, 0.4) is 0 Å². The predicted molar refractivity (Wildman–Crippen MR) is 68.8 cm³/mol. The van der Waals surface area contributed by atoms with Crippen molar-refractivity contribution in [2.75, 3.05) is 7.11 Å². The number of esters is 1. The molecule has 1 aromatic carbocycles. The summed E-state index contributed by atoms with van der Waals surface area (Å²) in [6.45, 7) is 5.90. The average Bonchev–Trinajstić information content (AvgIpc) is 2.25. The van der Waals surface area contributed by atoms with Crippen LogP contribution in [0.2, 0.25) is 0 Å². The first-order valence-electron chi connectivity index (χ1n) is 5.77. The molecule has 0 heterocycles. The maximum Gasteiger partial charge on any atom is 0.306 e. The van der Waals surface area contributed by atoms with E-state index in [1.54, 1.807) is 0 Å². The molecule has 3 nitrogen and oxygen atoms in total. The van der Waals surface area contributed by atoms with Gasteiger partial charge in [0.25, 0.3) is 0 Å². The number of carbonyl (C=O) groups excluding carboxylic acids is 1. The van der Waals surface area contributed by atoms with Crippen LogP contribution in [0.25, 0.3) is 0 Å². The molecular weight excluding hydrogens is 214 g/mol. The number of hydrogen-bond donors (Lipinski definition) is 1. The molecule has 17 heavy (non-hydrogen) atoms. The Morgan fingerprint density at radius 2 is 1.88 bits per heavy atom. The molecule has 0 radical (unpaired) electrons. The molecule has 0 saturated carbocycles. The Bertz CT molecular complexity index is 376. The molecule has 1 unspecified atom stereocenters. The molecule has 94 valence electrons. The van der Waals surface area contributed by atoms with Gasteiger partial charge in [-0.1, -0.05) is 29.8 Å². The van der Waals surface area contributed by atoms with Crippen molar-refractivity contribution in [3.8, 4) is 0 Å². The highest BCUT2D eigenvalue weighted by Gasteiger charge is 2.29. The number of rotatable bonds is 4. The van der Waals surface area contributed by atoms with Crippen molar-refractivity contribution in [3.05, 3.63) is 35.4 Å². The maximum absolute atomic E-state index is 11.4. The van der Waals surface area contributed by atoms with E-state index in [-0.39, 0.29) is 11.9 Å². The number of methoxy groups -OCH3 is 1. The highest BCUT2D eigenvalue weighted by molar-refractivity contribution is 5.70. The van der Waals surface area contributed by atoms with E-state index < -0.39 is 5.54 Å². The zero-order chi connectivity index (χ0) is 13.1. The van der Waals surface area contributed by atoms with E-state index in [1.165, 1.54) is 12.7 Å². The van der Waals surface area contributed by atoms with E-state index >= 15 is 0 Å². The Hall–Kier alpha value is -1.35. The van der Waals surface area contributed by atoms with Gasteiger partial charge in [0, 0.05) is 11.5 Å². The molecular formula is C14H21NO2. The predicted octanol–water partition coefficient (Wildman–Crippen LogP) is 2.38. The molecule has 0 aromatic heterocycles. The molecule has 0 fully saturated rings. The standard InChI is InChI=1S/C14H21NO2/c1-10-5-7-11(8-6-10)12(14(2,3)15)9-13(16)17-4/h5-8,12H,9,15H2,1-4H3. The van der Waals surface area contributed by atoms with E-state index in [1.807, 2.05) is 45.0 Å². The van der Waals surface area contributed by atoms with E-state index in [0.29, 0.717) is 6.42 Å². The molecule has 0 aliphatic heterocycles. The molecule has 1 rings (SSSR count). The van der Waals surface area contributed by atoms with Gasteiger partial charge in [-0.2, -0.15) is 0 Å². The van der Waals surface area contributed by atoms with Gasteiger partial charge in [0.15, 0.2) is 0 Å². The molecule has 1 aromatic rings. The van der Waals surface area contributed by atoms with Gasteiger partial charge in [-0.25, -0.2) is 0 Å². The number of benzene rings is 1. The Morgan fingerprint density at radius 1 is 1.35 bits per heavy atom. The normalized spacial score (nSPS) is 13.2. The van der Waals surface area contributed by atoms with E-state index in [4.69, 9.17) is 10.5 Å². The van der Waals surface area contributed by atoms with Crippen molar-refractivity contribution in [1.82, 2.24) is 0 Å². The van der Waals surface area contributed by atoms with E-state index in [2.05, 4.69) is 0 Å². The van der Waals surface area contributed by atoms with E-state index in [9.17, 15) is 4.79 Å². The third-order valence-electron chi connectivity index (χ3n) is 2.98. The first-order valence-corrected chi connectivity index (χ1v) is 5.77. The molecule has 1 atom stereocenters. The number of aryl methyl sites for hydroxylation is 1. The summed E-state index contributed by atoms with van der Waals surface area (Å²) >= 11 is 0. The molecule has 0 bridgehead atoms. The molecule has 0 spiro atoms. The lowest BCUT2D eigenvalue weighted by molar-refractivity contribution is -0.141. The van der Waals surface area contributed by atoms with Gasteiger partial charge in [-0.15, -0.1) is 0 Å². The van der Waals surface area contributed by atoms with Crippen molar-refractivity contribution >= 4 is 5.97 Å². The fourth-order valence-electron chi connectivity index (χ4n) is 1.86. The minimum absolute atomic E-state index is 0.0319. The summed E-state index contributed by atoms with van der Waals surface area (Å²) in [6, 6.07) is 8.12. The summed E-state index contributed by atoms with van der Waals surface area (Å²) in [7, 11) is 1.40. The molecule has 3 heteroatoms. The Morgan fingerprint density at radius 3 is 2.29 bits per heavy atom. The number of hydrogen-bond acceptors (Lipinski definition) is 3. The first kappa shape index (κ1) is 13.7. The van der Waals surface area contributed by atoms with Crippen LogP contribution in [0.5, 0.6) is 0 Å². The lowest BCUT2D eigenvalue weighted by Crippen LogP contribution is -2.40. The second kappa shape index (κ2) is 5.32. The van der Waals surface area contributed by atoms with Crippen molar-refractivity contribution in [3.63, 3.8) is 0 Å². The minimum Gasteiger partial charge on any atom is -0.469 e. The summed E-state index contributed by atoms with van der Waals surface area (Å²) < 4.78 is 4.73. The highest BCUT2D eigenvalue weighted by atomic mass is 16.5. The van der Waals surface area contributed by atoms with Gasteiger partial charge >= 0.3 is 5.97 Å². The third kappa shape index (κ3) is 3.86. The van der Waals surface area contributed by atoms with Gasteiger partial charge in [-0.3, -0.25) is 4.79 Å². The topological polar surface area (TPSA) is 52.3 Å². The molecule has 2 N–H and O–H groups in total. The fourth-order valence-corrected chi connectivity index (χ4v) is 1.86. The number of carbonyl (C=O) groups is 1. The van der Waals surface area contributed by atoms with Gasteiger partial charge in [0.1, 0.15) is 0 Å². The second-order valence-corrected chi connectivity index (χ2v) is 5.06. The first-order chi connectivity index (χ1) is 7.84. The molecule has 0 amide bonds. The summed E-state index contributed by atoms with van der Waals surface area (Å²) in [5.74, 6) is -0.260. The zero-order valence-electron chi connectivity index (χ0n) is 11.0. The van der Waals surface area contributed by atoms with Gasteiger partial charge in [-0.05, 0) is 26.3 Å². The summed E-state index contributed by atoms with van der Waals surface area (Å²) in [6.07, 6.45) is 0.309. The zero-order valence-corrected chi connectivity index (χ0v) is 11.0. The summed E-state index contributed by atoms with van der Waals surface area (Å²) in [4.78, 5) is 11.4. The van der Waals surface area contributed by atoms with Gasteiger partial charge in [0.2, 0.25) is 0 Å². The van der Waals surface area contributed by atoms with Crippen molar-refractivity contribution < 1.29 is 9.53 Å². The van der Waals surface area contributed by atoms with Gasteiger partial charge in [0.05, 0.1) is 13.5 Å². The van der Waals surface area contributed by atoms with Crippen LogP contribution in [0, 0.1) is 6.92 Å².